The number of rotatable bonds is 8. The average molecular weight is 280 g/mol. The summed E-state index contributed by atoms with van der Waals surface area (Å²) in [6.45, 7) is 8.44. The van der Waals surface area contributed by atoms with Crippen molar-refractivity contribution in [3.63, 3.8) is 0 Å². The lowest BCUT2D eigenvalue weighted by atomic mass is 9.97. The number of imidazole rings is 1. The lowest BCUT2D eigenvalue weighted by Gasteiger charge is -2.33. The normalized spacial score (nSPS) is 16.8. The predicted molar refractivity (Wildman–Crippen MR) is 82.2 cm³/mol. The van der Waals surface area contributed by atoms with Gasteiger partial charge in [-0.05, 0) is 38.3 Å². The fraction of sp³-hybridized carbons (Fsp3) is 0.800. The topological polar surface area (TPSA) is 42.3 Å². The molecule has 0 saturated carbocycles. The summed E-state index contributed by atoms with van der Waals surface area (Å²) in [7, 11) is 1.75. The van der Waals surface area contributed by atoms with E-state index in [1.165, 1.54) is 12.8 Å². The zero-order valence-electron chi connectivity index (χ0n) is 12.8. The number of methoxy groups -OCH3 is 1. The molecule has 0 bridgehead atoms. The van der Waals surface area contributed by atoms with E-state index in [1.807, 2.05) is 6.20 Å². The van der Waals surface area contributed by atoms with Gasteiger partial charge in [0, 0.05) is 45.7 Å². The van der Waals surface area contributed by atoms with Crippen LogP contribution in [0.2, 0.25) is 0 Å². The molecule has 0 aromatic carbocycles. The number of hydrogen-bond acceptors (Lipinski definition) is 4. The number of aromatic nitrogens is 2. The van der Waals surface area contributed by atoms with Crippen molar-refractivity contribution in [2.75, 3.05) is 44.8 Å². The highest BCUT2D eigenvalue weighted by Gasteiger charge is 2.21. The lowest BCUT2D eigenvalue weighted by Crippen LogP contribution is -2.38. The van der Waals surface area contributed by atoms with Crippen LogP contribution in [0.25, 0.3) is 0 Å². The molecule has 1 aromatic heterocycles. The van der Waals surface area contributed by atoms with E-state index in [0.717, 1.165) is 57.6 Å². The molecule has 1 aliphatic rings. The number of nitrogens with one attached hydrogen (secondary N) is 1. The second-order valence-electron chi connectivity index (χ2n) is 5.51. The largest absolute Gasteiger partial charge is 0.385 e. The van der Waals surface area contributed by atoms with E-state index in [-0.39, 0.29) is 0 Å². The average Bonchev–Trinajstić information content (AvgIpc) is 2.94. The molecule has 2 rings (SSSR count). The third kappa shape index (κ3) is 4.21. The fourth-order valence-electron chi connectivity index (χ4n) is 2.82. The Morgan fingerprint density at radius 2 is 2.20 bits per heavy atom. The highest BCUT2D eigenvalue weighted by molar-refractivity contribution is 5.31. The van der Waals surface area contributed by atoms with E-state index in [1.54, 1.807) is 7.11 Å². The van der Waals surface area contributed by atoms with Crippen LogP contribution in [0.4, 0.5) is 5.95 Å². The molecule has 1 saturated heterocycles. The van der Waals surface area contributed by atoms with Crippen LogP contribution in [0.5, 0.6) is 0 Å². The zero-order chi connectivity index (χ0) is 14.2. The first kappa shape index (κ1) is 15.3. The lowest BCUT2D eigenvalue weighted by molar-refractivity contribution is 0.190. The van der Waals surface area contributed by atoms with Gasteiger partial charge in [0.2, 0.25) is 5.95 Å². The Hall–Kier alpha value is -1.07. The molecule has 1 fully saturated rings. The maximum Gasteiger partial charge on any atom is 0.205 e. The summed E-state index contributed by atoms with van der Waals surface area (Å²) >= 11 is 0. The third-order valence-corrected chi connectivity index (χ3v) is 4.02. The summed E-state index contributed by atoms with van der Waals surface area (Å²) in [6, 6.07) is 0. The summed E-state index contributed by atoms with van der Waals surface area (Å²) in [5.74, 6) is 1.95. The first-order valence-electron chi connectivity index (χ1n) is 7.81. The predicted octanol–water partition coefficient (Wildman–Crippen LogP) is 1.75. The maximum atomic E-state index is 5.12. The highest BCUT2D eigenvalue weighted by atomic mass is 16.5. The van der Waals surface area contributed by atoms with Crippen LogP contribution in [0.3, 0.4) is 0 Å². The van der Waals surface area contributed by atoms with Crippen molar-refractivity contribution < 1.29 is 4.74 Å². The van der Waals surface area contributed by atoms with Gasteiger partial charge in [0.05, 0.1) is 0 Å². The van der Waals surface area contributed by atoms with Gasteiger partial charge in [-0.3, -0.25) is 0 Å². The van der Waals surface area contributed by atoms with Gasteiger partial charge in [-0.25, -0.2) is 4.98 Å². The van der Waals surface area contributed by atoms with Crippen LogP contribution in [0.1, 0.15) is 26.2 Å². The van der Waals surface area contributed by atoms with Gasteiger partial charge < -0.3 is 19.5 Å². The second kappa shape index (κ2) is 8.27. The molecule has 1 N–H and O–H groups in total. The number of hydrogen-bond donors (Lipinski definition) is 1. The van der Waals surface area contributed by atoms with Crippen molar-refractivity contribution in [1.82, 2.24) is 14.9 Å². The van der Waals surface area contributed by atoms with E-state index < -0.39 is 0 Å². The van der Waals surface area contributed by atoms with Gasteiger partial charge in [0.15, 0.2) is 0 Å². The summed E-state index contributed by atoms with van der Waals surface area (Å²) in [4.78, 5) is 6.96. The first-order valence-corrected chi connectivity index (χ1v) is 7.81. The van der Waals surface area contributed by atoms with Crippen molar-refractivity contribution in [2.24, 2.45) is 5.92 Å². The number of piperidine rings is 1. The molecule has 5 heteroatoms. The fourth-order valence-corrected chi connectivity index (χ4v) is 2.82. The third-order valence-electron chi connectivity index (χ3n) is 4.02. The van der Waals surface area contributed by atoms with Crippen LogP contribution >= 0.6 is 0 Å². The molecular formula is C15H28N4O. The summed E-state index contributed by atoms with van der Waals surface area (Å²) in [5.41, 5.74) is 0. The second-order valence-corrected chi connectivity index (χ2v) is 5.51. The van der Waals surface area contributed by atoms with Crippen LogP contribution in [0.15, 0.2) is 12.4 Å². The molecule has 0 unspecified atom stereocenters. The Morgan fingerprint density at radius 3 is 2.90 bits per heavy atom. The SMILES string of the molecule is CCNCC1CCN(c2nccn2CCCOC)CC1. The molecule has 0 atom stereocenters. The molecule has 0 spiro atoms. The van der Waals surface area contributed by atoms with E-state index >= 15 is 0 Å². The van der Waals surface area contributed by atoms with Crippen molar-refractivity contribution >= 4 is 5.95 Å². The minimum Gasteiger partial charge on any atom is -0.385 e. The van der Waals surface area contributed by atoms with Crippen LogP contribution in [-0.4, -0.2) is 49.4 Å². The van der Waals surface area contributed by atoms with Crippen LogP contribution in [-0.2, 0) is 11.3 Å². The van der Waals surface area contributed by atoms with Gasteiger partial charge in [-0.2, -0.15) is 0 Å². The minimum absolute atomic E-state index is 0.808. The smallest absolute Gasteiger partial charge is 0.205 e. The molecule has 5 nitrogen and oxygen atoms in total. The van der Waals surface area contributed by atoms with E-state index in [2.05, 4.69) is 32.9 Å². The van der Waals surface area contributed by atoms with Crippen LogP contribution in [0, 0.1) is 5.92 Å². The number of nitrogens with zero attached hydrogens (tertiary/aromatic N) is 3. The number of ether oxygens (including phenoxy) is 1. The van der Waals surface area contributed by atoms with E-state index in [0.29, 0.717) is 0 Å². The molecule has 20 heavy (non-hydrogen) atoms. The quantitative estimate of drug-likeness (QED) is 0.737. The highest BCUT2D eigenvalue weighted by Crippen LogP contribution is 2.21. The molecule has 1 aromatic rings. The van der Waals surface area contributed by atoms with Gasteiger partial charge >= 0.3 is 0 Å². The van der Waals surface area contributed by atoms with Crippen molar-refractivity contribution in [2.45, 2.75) is 32.7 Å². The van der Waals surface area contributed by atoms with Crippen molar-refractivity contribution in [3.05, 3.63) is 12.4 Å². The van der Waals surface area contributed by atoms with Crippen molar-refractivity contribution in [1.29, 1.82) is 0 Å². The molecule has 114 valence electrons. The maximum absolute atomic E-state index is 5.12. The zero-order valence-corrected chi connectivity index (χ0v) is 12.8. The number of anilines is 1. The molecular weight excluding hydrogens is 252 g/mol. The Labute approximate surface area is 122 Å². The van der Waals surface area contributed by atoms with E-state index in [4.69, 9.17) is 4.74 Å². The Balaban J connectivity index is 1.82. The monoisotopic (exact) mass is 280 g/mol. The van der Waals surface area contributed by atoms with Gasteiger partial charge in [0.1, 0.15) is 0 Å². The Kier molecular flexibility index (Phi) is 6.33. The van der Waals surface area contributed by atoms with E-state index in [9.17, 15) is 0 Å². The summed E-state index contributed by atoms with van der Waals surface area (Å²) < 4.78 is 7.38. The van der Waals surface area contributed by atoms with Crippen molar-refractivity contribution in [3.8, 4) is 0 Å². The molecule has 0 amide bonds. The van der Waals surface area contributed by atoms with Gasteiger partial charge in [-0.15, -0.1) is 0 Å². The Morgan fingerprint density at radius 1 is 1.40 bits per heavy atom. The van der Waals surface area contributed by atoms with Gasteiger partial charge in [-0.1, -0.05) is 6.92 Å². The molecule has 1 aliphatic heterocycles. The number of aryl methyl sites for hydroxylation is 1. The molecule has 0 aliphatic carbocycles. The van der Waals surface area contributed by atoms with Gasteiger partial charge in [0.25, 0.3) is 0 Å². The molecule has 2 heterocycles. The molecule has 0 radical (unpaired) electrons. The first-order chi connectivity index (χ1) is 9.85. The Bertz CT molecular complexity index is 372. The minimum atomic E-state index is 0.808. The summed E-state index contributed by atoms with van der Waals surface area (Å²) in [6.07, 6.45) is 7.55. The standard InChI is InChI=1S/C15H28N4O/c1-3-16-13-14-5-9-19(10-6-14)15-17-7-11-18(15)8-4-12-20-2/h7,11,14,16H,3-6,8-10,12-13H2,1-2H3. The summed E-state index contributed by atoms with van der Waals surface area (Å²) in [5, 5.41) is 3.46. The van der Waals surface area contributed by atoms with Crippen LogP contribution < -0.4 is 10.2 Å².